The van der Waals surface area contributed by atoms with Crippen LogP contribution in [0.15, 0.2) is 6.33 Å². The Hall–Kier alpha value is -1.56. The van der Waals surface area contributed by atoms with E-state index in [-0.39, 0.29) is 0 Å². The van der Waals surface area contributed by atoms with Crippen LogP contribution in [0, 0.1) is 0 Å². The molecule has 0 amide bonds. The van der Waals surface area contributed by atoms with Crippen LogP contribution in [0.5, 0.6) is 0 Å². The number of rotatable bonds is 3. The Morgan fingerprint density at radius 3 is 3.07 bits per heavy atom. The van der Waals surface area contributed by atoms with Gasteiger partial charge < -0.3 is 5.73 Å². The fourth-order valence-electron chi connectivity index (χ4n) is 1.32. The Morgan fingerprint density at radius 2 is 2.36 bits per heavy atom. The molecule has 0 aliphatic heterocycles. The van der Waals surface area contributed by atoms with E-state index in [2.05, 4.69) is 20.3 Å². The van der Waals surface area contributed by atoms with E-state index in [1.165, 1.54) is 0 Å². The van der Waals surface area contributed by atoms with Gasteiger partial charge in [-0.3, -0.25) is 0 Å². The van der Waals surface area contributed by atoms with Crippen molar-refractivity contribution in [3.05, 3.63) is 17.8 Å². The van der Waals surface area contributed by atoms with Gasteiger partial charge in [0.15, 0.2) is 11.5 Å². The van der Waals surface area contributed by atoms with E-state index in [9.17, 15) is 0 Å². The highest BCUT2D eigenvalue weighted by molar-refractivity contribution is 5.40. The third-order valence-electron chi connectivity index (χ3n) is 1.98. The third kappa shape index (κ3) is 1.44. The van der Waals surface area contributed by atoms with Crippen LogP contribution in [-0.2, 0) is 12.8 Å². The molecule has 6 nitrogen and oxygen atoms in total. The second kappa shape index (κ2) is 3.67. The van der Waals surface area contributed by atoms with Crippen molar-refractivity contribution in [1.29, 1.82) is 0 Å². The minimum Gasteiger partial charge on any atom is -0.330 e. The number of hydrogen-bond acceptors (Lipinski definition) is 5. The maximum absolute atomic E-state index is 5.45. The molecule has 2 N–H and O–H groups in total. The summed E-state index contributed by atoms with van der Waals surface area (Å²) in [6.45, 7) is 2.58. The van der Waals surface area contributed by atoms with Gasteiger partial charge in [0.25, 0.3) is 0 Å². The van der Waals surface area contributed by atoms with Crippen LogP contribution < -0.4 is 5.73 Å². The molecule has 0 spiro atoms. The molecule has 0 fully saturated rings. The minimum absolute atomic E-state index is 0.552. The number of aryl methyl sites for hydroxylation is 1. The van der Waals surface area contributed by atoms with Crippen LogP contribution in [0.25, 0.3) is 5.65 Å². The molecule has 0 unspecified atom stereocenters. The largest absolute Gasteiger partial charge is 0.330 e. The first kappa shape index (κ1) is 9.01. The molecule has 2 heterocycles. The highest BCUT2D eigenvalue weighted by Crippen LogP contribution is 2.04. The minimum atomic E-state index is 0.552. The first-order valence-electron chi connectivity index (χ1n) is 4.61. The smallest absolute Gasteiger partial charge is 0.199 e. The topological polar surface area (TPSA) is 82.0 Å². The highest BCUT2D eigenvalue weighted by Gasteiger charge is 2.07. The summed E-state index contributed by atoms with van der Waals surface area (Å²) in [6, 6.07) is 0. The Labute approximate surface area is 81.2 Å². The van der Waals surface area contributed by atoms with E-state index in [0.717, 1.165) is 23.6 Å². The molecule has 2 aromatic heterocycles. The Morgan fingerprint density at radius 1 is 1.50 bits per heavy atom. The molecule has 0 atom stereocenters. The molecule has 2 rings (SSSR count). The first-order chi connectivity index (χ1) is 6.85. The van der Waals surface area contributed by atoms with Crippen molar-refractivity contribution in [3.8, 4) is 0 Å². The van der Waals surface area contributed by atoms with Gasteiger partial charge in [-0.25, -0.2) is 4.98 Å². The van der Waals surface area contributed by atoms with Gasteiger partial charge in [-0.1, -0.05) is 6.92 Å². The lowest BCUT2D eigenvalue weighted by molar-refractivity contribution is 0.759. The van der Waals surface area contributed by atoms with Crippen LogP contribution in [0.4, 0.5) is 0 Å². The number of nitrogens with two attached hydrogens (primary N) is 1. The summed E-state index contributed by atoms with van der Waals surface area (Å²) < 4.78 is 1.65. The number of fused-ring (bicyclic) bond motifs is 1. The fourth-order valence-corrected chi connectivity index (χ4v) is 1.32. The van der Waals surface area contributed by atoms with Crippen molar-refractivity contribution in [3.63, 3.8) is 0 Å². The van der Waals surface area contributed by atoms with Crippen molar-refractivity contribution >= 4 is 5.65 Å². The maximum atomic E-state index is 5.45. The molecule has 0 radical (unpaired) electrons. The van der Waals surface area contributed by atoms with Gasteiger partial charge in [0.2, 0.25) is 0 Å². The lowest BCUT2D eigenvalue weighted by atomic mass is 10.3. The molecular weight excluding hydrogens is 180 g/mol. The SMILES string of the molecule is CCc1nc(CCN)nn2cnnc12. The predicted molar refractivity (Wildman–Crippen MR) is 50.7 cm³/mol. The quantitative estimate of drug-likeness (QED) is 0.714. The van der Waals surface area contributed by atoms with Crippen molar-refractivity contribution in [2.75, 3.05) is 6.54 Å². The Bertz CT molecular complexity index is 434. The Kier molecular flexibility index (Phi) is 2.36. The van der Waals surface area contributed by atoms with Gasteiger partial charge in [-0.05, 0) is 13.0 Å². The summed E-state index contributed by atoms with van der Waals surface area (Å²) in [5.41, 5.74) is 7.10. The van der Waals surface area contributed by atoms with Crippen LogP contribution in [0.2, 0.25) is 0 Å². The molecule has 0 aliphatic rings. The summed E-state index contributed by atoms with van der Waals surface area (Å²) in [5, 5.41) is 12.0. The zero-order chi connectivity index (χ0) is 9.97. The predicted octanol–water partition coefficient (Wildman–Crippen LogP) is -0.417. The van der Waals surface area contributed by atoms with Crippen LogP contribution >= 0.6 is 0 Å². The third-order valence-corrected chi connectivity index (χ3v) is 1.98. The first-order valence-corrected chi connectivity index (χ1v) is 4.61. The van der Waals surface area contributed by atoms with Crippen molar-refractivity contribution < 1.29 is 0 Å². The van der Waals surface area contributed by atoms with Gasteiger partial charge in [-0.2, -0.15) is 4.52 Å². The molecule has 0 saturated heterocycles. The fraction of sp³-hybridized carbons (Fsp3) is 0.500. The summed E-state index contributed by atoms with van der Waals surface area (Å²) in [4.78, 5) is 4.37. The van der Waals surface area contributed by atoms with E-state index < -0.39 is 0 Å². The molecule has 74 valence electrons. The average Bonchev–Trinajstić information content (AvgIpc) is 2.65. The highest BCUT2D eigenvalue weighted by atomic mass is 15.4. The number of aromatic nitrogens is 5. The van der Waals surface area contributed by atoms with Crippen LogP contribution in [0.1, 0.15) is 18.4 Å². The second-order valence-electron chi connectivity index (χ2n) is 2.97. The molecule has 0 bridgehead atoms. The van der Waals surface area contributed by atoms with Crippen LogP contribution in [-0.4, -0.2) is 31.3 Å². The van der Waals surface area contributed by atoms with E-state index in [4.69, 9.17) is 5.73 Å². The van der Waals surface area contributed by atoms with E-state index in [1.54, 1.807) is 10.8 Å². The zero-order valence-electron chi connectivity index (χ0n) is 8.01. The number of hydrogen-bond donors (Lipinski definition) is 1. The molecule has 2 aromatic rings. The molecule has 0 saturated carbocycles. The molecule has 14 heavy (non-hydrogen) atoms. The Balaban J connectivity index is 2.55. The molecule has 0 aliphatic carbocycles. The second-order valence-corrected chi connectivity index (χ2v) is 2.97. The van der Waals surface area contributed by atoms with Gasteiger partial charge >= 0.3 is 0 Å². The summed E-state index contributed by atoms with van der Waals surface area (Å²) in [6.07, 6.45) is 3.08. The van der Waals surface area contributed by atoms with Crippen molar-refractivity contribution in [2.45, 2.75) is 19.8 Å². The van der Waals surface area contributed by atoms with Crippen molar-refractivity contribution in [1.82, 2.24) is 24.8 Å². The molecular formula is C8H12N6. The maximum Gasteiger partial charge on any atom is 0.199 e. The summed E-state index contributed by atoms with van der Waals surface area (Å²) >= 11 is 0. The van der Waals surface area contributed by atoms with Crippen LogP contribution in [0.3, 0.4) is 0 Å². The summed E-state index contributed by atoms with van der Waals surface area (Å²) in [5.74, 6) is 0.747. The van der Waals surface area contributed by atoms with Gasteiger partial charge in [-0.15, -0.1) is 15.3 Å². The average molecular weight is 192 g/mol. The molecule has 0 aromatic carbocycles. The lowest BCUT2D eigenvalue weighted by Crippen LogP contribution is -2.11. The normalized spacial score (nSPS) is 11.0. The summed E-state index contributed by atoms with van der Waals surface area (Å²) in [7, 11) is 0. The standard InChI is InChI=1S/C8H12N6/c1-2-6-8-12-10-5-14(8)13-7(11-6)3-4-9/h5H,2-4,9H2,1H3. The van der Waals surface area contributed by atoms with Crippen molar-refractivity contribution in [2.24, 2.45) is 5.73 Å². The number of nitrogens with zero attached hydrogens (tertiary/aromatic N) is 5. The zero-order valence-corrected chi connectivity index (χ0v) is 8.01. The molecule has 6 heteroatoms. The van der Waals surface area contributed by atoms with Gasteiger partial charge in [0.05, 0.1) is 5.69 Å². The van der Waals surface area contributed by atoms with Gasteiger partial charge in [0.1, 0.15) is 6.33 Å². The monoisotopic (exact) mass is 192 g/mol. The van der Waals surface area contributed by atoms with Gasteiger partial charge in [0, 0.05) is 6.42 Å². The lowest BCUT2D eigenvalue weighted by Gasteiger charge is -2.01. The van der Waals surface area contributed by atoms with E-state index >= 15 is 0 Å². The van der Waals surface area contributed by atoms with E-state index in [0.29, 0.717) is 13.0 Å². The van der Waals surface area contributed by atoms with E-state index in [1.807, 2.05) is 6.92 Å².